The van der Waals surface area contributed by atoms with Gasteiger partial charge in [-0.05, 0) is 23.8 Å². The van der Waals surface area contributed by atoms with E-state index in [9.17, 15) is 9.90 Å². The molecule has 0 bridgehead atoms. The molecule has 1 aromatic heterocycles. The molecule has 0 aliphatic heterocycles. The molecule has 29 heavy (non-hydrogen) atoms. The average Bonchev–Trinajstić information content (AvgIpc) is 2.75. The first kappa shape index (κ1) is 20.6. The second-order valence-corrected chi connectivity index (χ2v) is 6.44. The first-order valence-electron chi connectivity index (χ1n) is 9.05. The van der Waals surface area contributed by atoms with E-state index in [4.69, 9.17) is 18.9 Å². The van der Waals surface area contributed by atoms with E-state index in [-0.39, 0.29) is 18.7 Å². The first-order valence-corrected chi connectivity index (χ1v) is 9.05. The van der Waals surface area contributed by atoms with E-state index < -0.39 is 6.10 Å². The van der Waals surface area contributed by atoms with E-state index in [1.54, 1.807) is 19.2 Å². The number of hydrogen-bond acceptors (Lipinski definition) is 7. The predicted octanol–water partition coefficient (Wildman–Crippen LogP) is 2.00. The maximum absolute atomic E-state index is 12.8. The molecule has 0 spiro atoms. The van der Waals surface area contributed by atoms with Gasteiger partial charge in [-0.15, -0.1) is 0 Å². The predicted molar refractivity (Wildman–Crippen MR) is 108 cm³/mol. The van der Waals surface area contributed by atoms with Gasteiger partial charge >= 0.3 is 0 Å². The standard InChI is InChI=1S/C21H24N2O6/c1-26-16-6-4-14(5-7-16)11-29-12-15(24)10-23-13-22-18-9-20(28-3)19(27-2)8-17(18)21(23)25/h4-9,13,15,24H,10-12H2,1-3H3. The molecule has 2 aromatic carbocycles. The van der Waals surface area contributed by atoms with Crippen LogP contribution in [0, 0.1) is 0 Å². The van der Waals surface area contributed by atoms with Crippen molar-refractivity contribution in [3.63, 3.8) is 0 Å². The molecule has 8 nitrogen and oxygen atoms in total. The minimum absolute atomic E-state index is 0.0682. The van der Waals surface area contributed by atoms with Crippen LogP contribution < -0.4 is 19.8 Å². The zero-order valence-corrected chi connectivity index (χ0v) is 16.6. The van der Waals surface area contributed by atoms with Gasteiger partial charge in [0.1, 0.15) is 5.75 Å². The summed E-state index contributed by atoms with van der Waals surface area (Å²) >= 11 is 0. The summed E-state index contributed by atoms with van der Waals surface area (Å²) in [5, 5.41) is 10.7. The summed E-state index contributed by atoms with van der Waals surface area (Å²) < 4.78 is 22.5. The van der Waals surface area contributed by atoms with Crippen LogP contribution in [-0.4, -0.2) is 48.7 Å². The maximum atomic E-state index is 12.8. The van der Waals surface area contributed by atoms with E-state index >= 15 is 0 Å². The van der Waals surface area contributed by atoms with Crippen LogP contribution in [0.3, 0.4) is 0 Å². The van der Waals surface area contributed by atoms with Crippen molar-refractivity contribution in [3.05, 3.63) is 58.6 Å². The van der Waals surface area contributed by atoms with Crippen LogP contribution in [0.15, 0.2) is 47.5 Å². The Morgan fingerprint density at radius 2 is 1.72 bits per heavy atom. The normalized spacial score (nSPS) is 12.0. The van der Waals surface area contributed by atoms with Gasteiger partial charge in [0.05, 0.1) is 64.4 Å². The lowest BCUT2D eigenvalue weighted by molar-refractivity contribution is 0.0198. The Labute approximate surface area is 168 Å². The summed E-state index contributed by atoms with van der Waals surface area (Å²) in [6.07, 6.45) is 0.550. The lowest BCUT2D eigenvalue weighted by Crippen LogP contribution is -2.29. The van der Waals surface area contributed by atoms with Gasteiger partial charge in [0, 0.05) is 6.07 Å². The number of aliphatic hydroxyl groups is 1. The Morgan fingerprint density at radius 1 is 1.03 bits per heavy atom. The summed E-state index contributed by atoms with van der Waals surface area (Å²) in [5.74, 6) is 1.71. The average molecular weight is 400 g/mol. The lowest BCUT2D eigenvalue weighted by atomic mass is 10.2. The molecule has 0 fully saturated rings. The number of hydrogen-bond donors (Lipinski definition) is 1. The van der Waals surface area contributed by atoms with Crippen molar-refractivity contribution in [2.24, 2.45) is 0 Å². The number of fused-ring (bicyclic) bond motifs is 1. The van der Waals surface area contributed by atoms with Gasteiger partial charge in [-0.2, -0.15) is 0 Å². The molecule has 8 heteroatoms. The molecule has 0 radical (unpaired) electrons. The van der Waals surface area contributed by atoms with Crippen LogP contribution in [0.5, 0.6) is 17.2 Å². The van der Waals surface area contributed by atoms with Gasteiger partial charge < -0.3 is 24.1 Å². The molecule has 0 aliphatic carbocycles. The molecule has 154 valence electrons. The summed E-state index contributed by atoms with van der Waals surface area (Å²) in [7, 11) is 4.63. The number of ether oxygens (including phenoxy) is 4. The van der Waals surface area contributed by atoms with Gasteiger partial charge in [0.15, 0.2) is 11.5 Å². The number of methoxy groups -OCH3 is 3. The molecule has 1 unspecified atom stereocenters. The monoisotopic (exact) mass is 400 g/mol. The van der Waals surface area contributed by atoms with Gasteiger partial charge in [0.2, 0.25) is 0 Å². The fourth-order valence-corrected chi connectivity index (χ4v) is 2.93. The van der Waals surface area contributed by atoms with Crippen LogP contribution in [0.2, 0.25) is 0 Å². The number of aliphatic hydroxyl groups excluding tert-OH is 1. The third-order valence-corrected chi connectivity index (χ3v) is 4.47. The Balaban J connectivity index is 1.65. The van der Waals surface area contributed by atoms with Crippen molar-refractivity contribution < 1.29 is 24.1 Å². The Morgan fingerprint density at radius 3 is 2.38 bits per heavy atom. The van der Waals surface area contributed by atoms with E-state index in [2.05, 4.69) is 4.98 Å². The molecule has 1 heterocycles. The van der Waals surface area contributed by atoms with Gasteiger partial charge in [-0.25, -0.2) is 4.98 Å². The number of benzene rings is 2. The third kappa shape index (κ3) is 4.85. The van der Waals surface area contributed by atoms with Crippen molar-refractivity contribution in [3.8, 4) is 17.2 Å². The molecule has 1 atom stereocenters. The molecular formula is C21H24N2O6. The fraction of sp³-hybridized carbons (Fsp3) is 0.333. The summed E-state index contributed by atoms with van der Waals surface area (Å²) in [4.78, 5) is 17.0. The smallest absolute Gasteiger partial charge is 0.261 e. The van der Waals surface area contributed by atoms with Crippen LogP contribution in [0.4, 0.5) is 0 Å². The summed E-state index contributed by atoms with van der Waals surface area (Å²) in [6, 6.07) is 10.7. The first-order chi connectivity index (χ1) is 14.0. The summed E-state index contributed by atoms with van der Waals surface area (Å²) in [5.41, 5.74) is 1.18. The second-order valence-electron chi connectivity index (χ2n) is 6.44. The van der Waals surface area contributed by atoms with Crippen LogP contribution in [0.1, 0.15) is 5.56 Å². The van der Waals surface area contributed by atoms with Crippen molar-refractivity contribution in [1.29, 1.82) is 0 Å². The van der Waals surface area contributed by atoms with Gasteiger partial charge in [-0.1, -0.05) is 12.1 Å². The maximum Gasteiger partial charge on any atom is 0.261 e. The van der Waals surface area contributed by atoms with Crippen LogP contribution in [0.25, 0.3) is 10.9 Å². The fourth-order valence-electron chi connectivity index (χ4n) is 2.93. The van der Waals surface area contributed by atoms with E-state index in [0.717, 1.165) is 11.3 Å². The number of nitrogens with zero attached hydrogens (tertiary/aromatic N) is 2. The molecule has 0 aliphatic rings. The number of aromatic nitrogens is 2. The Kier molecular flexibility index (Phi) is 6.69. The van der Waals surface area contributed by atoms with Crippen molar-refractivity contribution in [2.45, 2.75) is 19.3 Å². The van der Waals surface area contributed by atoms with Crippen molar-refractivity contribution in [1.82, 2.24) is 9.55 Å². The lowest BCUT2D eigenvalue weighted by Gasteiger charge is -2.14. The quantitative estimate of drug-likeness (QED) is 0.587. The largest absolute Gasteiger partial charge is 0.497 e. The third-order valence-electron chi connectivity index (χ3n) is 4.47. The molecular weight excluding hydrogens is 376 g/mol. The second kappa shape index (κ2) is 9.40. The van der Waals surface area contributed by atoms with E-state index in [1.807, 2.05) is 24.3 Å². The molecule has 0 saturated carbocycles. The summed E-state index contributed by atoms with van der Waals surface area (Å²) in [6.45, 7) is 0.504. The van der Waals surface area contributed by atoms with Gasteiger partial charge in [0.25, 0.3) is 5.56 Å². The highest BCUT2D eigenvalue weighted by molar-refractivity contribution is 5.81. The zero-order chi connectivity index (χ0) is 20.8. The molecule has 0 amide bonds. The Bertz CT molecular complexity index is 1020. The molecule has 1 N–H and O–H groups in total. The molecule has 3 aromatic rings. The topological polar surface area (TPSA) is 92.0 Å². The minimum atomic E-state index is -0.856. The van der Waals surface area contributed by atoms with Crippen molar-refractivity contribution >= 4 is 10.9 Å². The molecule has 0 saturated heterocycles. The minimum Gasteiger partial charge on any atom is -0.497 e. The van der Waals surface area contributed by atoms with E-state index in [0.29, 0.717) is 29.0 Å². The zero-order valence-electron chi connectivity index (χ0n) is 16.6. The highest BCUT2D eigenvalue weighted by atomic mass is 16.5. The Hall–Kier alpha value is -3.10. The highest BCUT2D eigenvalue weighted by Gasteiger charge is 2.13. The van der Waals surface area contributed by atoms with E-state index in [1.165, 1.54) is 25.1 Å². The van der Waals surface area contributed by atoms with Crippen LogP contribution in [-0.2, 0) is 17.9 Å². The highest BCUT2D eigenvalue weighted by Crippen LogP contribution is 2.29. The van der Waals surface area contributed by atoms with Crippen LogP contribution >= 0.6 is 0 Å². The SMILES string of the molecule is COc1ccc(COCC(O)Cn2cnc3cc(OC)c(OC)cc3c2=O)cc1. The number of rotatable bonds is 9. The van der Waals surface area contributed by atoms with Crippen molar-refractivity contribution in [2.75, 3.05) is 27.9 Å². The van der Waals surface area contributed by atoms with Gasteiger partial charge in [-0.3, -0.25) is 9.36 Å². The molecule has 3 rings (SSSR count).